The summed E-state index contributed by atoms with van der Waals surface area (Å²) in [4.78, 5) is 35.2. The average molecular weight is 324 g/mol. The van der Waals surface area contributed by atoms with Gasteiger partial charge in [-0.2, -0.15) is 0 Å². The van der Waals surface area contributed by atoms with Crippen LogP contribution in [0.15, 0.2) is 0 Å². The van der Waals surface area contributed by atoms with Crippen LogP contribution >= 0.6 is 0 Å². The van der Waals surface area contributed by atoms with Crippen molar-refractivity contribution in [3.05, 3.63) is 0 Å². The summed E-state index contributed by atoms with van der Waals surface area (Å²) in [6.45, 7) is 0. The van der Waals surface area contributed by atoms with Gasteiger partial charge in [-0.05, 0) is 25.2 Å². The first-order chi connectivity index (χ1) is 11.1. The molecule has 0 aromatic rings. The Bertz CT molecular complexity index is 432. The van der Waals surface area contributed by atoms with Crippen molar-refractivity contribution in [3.63, 3.8) is 0 Å². The molecule has 3 N–H and O–H groups in total. The van der Waals surface area contributed by atoms with Crippen LogP contribution < -0.4 is 10.9 Å². The minimum absolute atomic E-state index is 0.188. The summed E-state index contributed by atoms with van der Waals surface area (Å²) < 4.78 is 0. The maximum Gasteiger partial charge on any atom is 0.307 e. The maximum absolute atomic E-state index is 12.1. The number of hydrazine groups is 1. The van der Waals surface area contributed by atoms with Crippen LogP contribution in [-0.2, 0) is 14.4 Å². The molecule has 0 bridgehead atoms. The Morgan fingerprint density at radius 1 is 0.826 bits per heavy atom. The fourth-order valence-corrected chi connectivity index (χ4v) is 3.84. The van der Waals surface area contributed by atoms with E-state index in [1.807, 2.05) is 0 Å². The number of hydrogen-bond donors (Lipinski definition) is 3. The highest BCUT2D eigenvalue weighted by Crippen LogP contribution is 2.30. The van der Waals surface area contributed by atoms with Crippen molar-refractivity contribution in [1.29, 1.82) is 0 Å². The summed E-state index contributed by atoms with van der Waals surface area (Å²) in [5, 5.41) is 9.20. The number of carbonyl (C=O) groups excluding carboxylic acids is 2. The lowest BCUT2D eigenvalue weighted by molar-refractivity contribution is -0.149. The van der Waals surface area contributed by atoms with Crippen LogP contribution in [0.2, 0.25) is 0 Å². The lowest BCUT2D eigenvalue weighted by Crippen LogP contribution is -2.47. The third kappa shape index (κ3) is 5.52. The quantitative estimate of drug-likeness (QED) is 0.677. The first-order valence-corrected chi connectivity index (χ1v) is 8.89. The molecule has 6 nitrogen and oxygen atoms in total. The van der Waals surface area contributed by atoms with Crippen LogP contribution in [0, 0.1) is 17.8 Å². The van der Waals surface area contributed by atoms with Gasteiger partial charge < -0.3 is 5.11 Å². The molecular weight excluding hydrogens is 296 g/mol. The van der Waals surface area contributed by atoms with Crippen molar-refractivity contribution < 1.29 is 19.5 Å². The second-order valence-electron chi connectivity index (χ2n) is 6.92. The Morgan fingerprint density at radius 3 is 2.09 bits per heavy atom. The van der Waals surface area contributed by atoms with Crippen LogP contribution in [0.4, 0.5) is 0 Å². The standard InChI is InChI=1S/C17H28N2O4/c20-15(11-10-12-6-2-1-3-7-12)18-19-16(21)13-8-4-5-9-14(13)17(22)23/h12-14H,1-11H2,(H,18,20)(H,19,21)(H,22,23). The van der Waals surface area contributed by atoms with Gasteiger partial charge in [-0.3, -0.25) is 25.2 Å². The molecule has 2 saturated carbocycles. The van der Waals surface area contributed by atoms with Gasteiger partial charge in [0.15, 0.2) is 0 Å². The van der Waals surface area contributed by atoms with Crippen LogP contribution in [0.25, 0.3) is 0 Å². The molecule has 130 valence electrons. The lowest BCUT2D eigenvalue weighted by atomic mass is 9.79. The Hall–Kier alpha value is -1.59. The minimum atomic E-state index is -0.923. The fourth-order valence-electron chi connectivity index (χ4n) is 3.84. The van der Waals surface area contributed by atoms with E-state index in [-0.39, 0.29) is 11.8 Å². The maximum atomic E-state index is 12.1. The van der Waals surface area contributed by atoms with Crippen molar-refractivity contribution in [2.24, 2.45) is 17.8 Å². The number of hydrogen-bond acceptors (Lipinski definition) is 3. The molecule has 0 radical (unpaired) electrons. The van der Waals surface area contributed by atoms with Crippen molar-refractivity contribution in [2.75, 3.05) is 0 Å². The molecule has 0 aromatic heterocycles. The highest BCUT2D eigenvalue weighted by atomic mass is 16.4. The second kappa shape index (κ2) is 8.89. The average Bonchev–Trinajstić information content (AvgIpc) is 2.58. The summed E-state index contributed by atoms with van der Waals surface area (Å²) in [7, 11) is 0. The van der Waals surface area contributed by atoms with E-state index < -0.39 is 17.8 Å². The van der Waals surface area contributed by atoms with E-state index in [1.165, 1.54) is 32.1 Å². The largest absolute Gasteiger partial charge is 0.481 e. The zero-order valence-electron chi connectivity index (χ0n) is 13.7. The van der Waals surface area contributed by atoms with Gasteiger partial charge in [-0.1, -0.05) is 44.9 Å². The fraction of sp³-hybridized carbons (Fsp3) is 0.824. The molecule has 23 heavy (non-hydrogen) atoms. The Morgan fingerprint density at radius 2 is 1.43 bits per heavy atom. The lowest BCUT2D eigenvalue weighted by Gasteiger charge is -2.27. The van der Waals surface area contributed by atoms with E-state index >= 15 is 0 Å². The molecule has 0 heterocycles. The third-order valence-corrected chi connectivity index (χ3v) is 5.25. The summed E-state index contributed by atoms with van der Waals surface area (Å²) in [5.74, 6) is -2.04. The Balaban J connectivity index is 1.70. The van der Waals surface area contributed by atoms with E-state index in [0.29, 0.717) is 25.2 Å². The van der Waals surface area contributed by atoms with Gasteiger partial charge in [0, 0.05) is 6.42 Å². The molecule has 0 saturated heterocycles. The number of aliphatic carboxylic acids is 1. The van der Waals surface area contributed by atoms with Crippen LogP contribution in [0.1, 0.15) is 70.6 Å². The first kappa shape index (κ1) is 17.8. The van der Waals surface area contributed by atoms with Crippen LogP contribution in [-0.4, -0.2) is 22.9 Å². The summed E-state index contributed by atoms with van der Waals surface area (Å²) in [6, 6.07) is 0. The summed E-state index contributed by atoms with van der Waals surface area (Å²) in [6.07, 6.45) is 10.3. The highest BCUT2D eigenvalue weighted by molar-refractivity contribution is 5.87. The molecule has 2 rings (SSSR count). The molecule has 0 aliphatic heterocycles. The van der Waals surface area contributed by atoms with Gasteiger partial charge in [-0.15, -0.1) is 0 Å². The van der Waals surface area contributed by atoms with Crippen molar-refractivity contribution in [1.82, 2.24) is 10.9 Å². The zero-order chi connectivity index (χ0) is 16.7. The molecule has 2 unspecified atom stereocenters. The van der Waals surface area contributed by atoms with Gasteiger partial charge in [0.25, 0.3) is 0 Å². The van der Waals surface area contributed by atoms with Crippen molar-refractivity contribution in [3.8, 4) is 0 Å². The summed E-state index contributed by atoms with van der Waals surface area (Å²) >= 11 is 0. The van der Waals surface area contributed by atoms with Gasteiger partial charge >= 0.3 is 5.97 Å². The van der Waals surface area contributed by atoms with Crippen LogP contribution in [0.5, 0.6) is 0 Å². The van der Waals surface area contributed by atoms with Crippen molar-refractivity contribution >= 4 is 17.8 Å². The molecule has 0 spiro atoms. The molecule has 2 aliphatic carbocycles. The SMILES string of the molecule is O=C(CCC1CCCCC1)NNC(=O)C1CCCCC1C(=O)O. The third-order valence-electron chi connectivity index (χ3n) is 5.25. The molecule has 0 aromatic carbocycles. The number of rotatable bonds is 5. The molecule has 2 aliphatic rings. The molecule has 2 fully saturated rings. The predicted molar refractivity (Wildman–Crippen MR) is 85.2 cm³/mol. The zero-order valence-corrected chi connectivity index (χ0v) is 13.7. The normalized spacial score (nSPS) is 25.6. The Kier molecular flexibility index (Phi) is 6.86. The number of carbonyl (C=O) groups is 3. The predicted octanol–water partition coefficient (Wildman–Crippen LogP) is 2.39. The summed E-state index contributed by atoms with van der Waals surface area (Å²) in [5.41, 5.74) is 4.87. The van der Waals surface area contributed by atoms with Gasteiger partial charge in [0.1, 0.15) is 0 Å². The van der Waals surface area contributed by atoms with Crippen molar-refractivity contribution in [2.45, 2.75) is 70.6 Å². The Labute approximate surface area is 137 Å². The van der Waals surface area contributed by atoms with Gasteiger partial charge in [0.2, 0.25) is 11.8 Å². The highest BCUT2D eigenvalue weighted by Gasteiger charge is 2.35. The topological polar surface area (TPSA) is 95.5 Å². The molecule has 2 atom stereocenters. The number of amides is 2. The molecular formula is C17H28N2O4. The van der Waals surface area contributed by atoms with Crippen LogP contribution in [0.3, 0.4) is 0 Å². The number of carboxylic acids is 1. The molecule has 6 heteroatoms. The minimum Gasteiger partial charge on any atom is -0.481 e. The first-order valence-electron chi connectivity index (χ1n) is 8.89. The van der Waals surface area contributed by atoms with E-state index in [4.69, 9.17) is 0 Å². The second-order valence-corrected chi connectivity index (χ2v) is 6.92. The molecule has 2 amide bonds. The monoisotopic (exact) mass is 324 g/mol. The smallest absolute Gasteiger partial charge is 0.307 e. The number of carboxylic acid groups (broad SMARTS) is 1. The van der Waals surface area contributed by atoms with E-state index in [0.717, 1.165) is 19.3 Å². The number of nitrogens with one attached hydrogen (secondary N) is 2. The van der Waals surface area contributed by atoms with E-state index in [9.17, 15) is 19.5 Å². The van der Waals surface area contributed by atoms with Gasteiger partial charge in [0.05, 0.1) is 11.8 Å². The van der Waals surface area contributed by atoms with E-state index in [1.54, 1.807) is 0 Å². The van der Waals surface area contributed by atoms with E-state index in [2.05, 4.69) is 10.9 Å². The van der Waals surface area contributed by atoms with Gasteiger partial charge in [-0.25, -0.2) is 0 Å².